The number of nitrogens with zero attached hydrogens (tertiary/aromatic N) is 3. The second-order valence-corrected chi connectivity index (χ2v) is 6.65. The molecule has 1 fully saturated rings. The van der Waals surface area contributed by atoms with Crippen LogP contribution in [0, 0.1) is 6.92 Å². The first-order valence-electron chi connectivity index (χ1n) is 8.53. The van der Waals surface area contributed by atoms with Crippen LogP contribution in [0.15, 0.2) is 18.3 Å². The number of aromatic nitrogens is 3. The first-order chi connectivity index (χ1) is 10.8. The normalized spacial score (nSPS) is 22.0. The van der Waals surface area contributed by atoms with E-state index in [1.54, 1.807) is 0 Å². The van der Waals surface area contributed by atoms with E-state index in [1.165, 1.54) is 60.6 Å². The molecular weight excluding hydrogens is 272 g/mol. The molecule has 0 radical (unpaired) electrons. The molecule has 3 heterocycles. The van der Waals surface area contributed by atoms with E-state index in [1.807, 2.05) is 12.3 Å². The summed E-state index contributed by atoms with van der Waals surface area (Å²) in [5.41, 5.74) is 5.20. The summed E-state index contributed by atoms with van der Waals surface area (Å²) in [4.78, 5) is 15.7. The molecule has 4 nitrogen and oxygen atoms in total. The van der Waals surface area contributed by atoms with Crippen LogP contribution in [0.1, 0.15) is 60.2 Å². The maximum atomic E-state index is 4.93. The van der Waals surface area contributed by atoms with Crippen LogP contribution >= 0.6 is 0 Å². The molecule has 2 aliphatic rings. The number of hydrogen-bond donors (Lipinski definition) is 1. The van der Waals surface area contributed by atoms with Crippen LogP contribution in [0.2, 0.25) is 0 Å². The maximum absolute atomic E-state index is 4.93. The van der Waals surface area contributed by atoms with Gasteiger partial charge < -0.3 is 4.98 Å². The van der Waals surface area contributed by atoms with Crippen molar-refractivity contribution in [3.05, 3.63) is 46.8 Å². The number of H-pyrrole nitrogens is 1. The number of hydrogen-bond acceptors (Lipinski definition) is 3. The molecule has 0 spiro atoms. The number of imidazole rings is 1. The van der Waals surface area contributed by atoms with E-state index in [0.29, 0.717) is 6.04 Å². The lowest BCUT2D eigenvalue weighted by Gasteiger charge is -2.23. The Bertz CT molecular complexity index is 637. The minimum Gasteiger partial charge on any atom is -0.344 e. The molecular formula is C18H24N4. The van der Waals surface area contributed by atoms with Gasteiger partial charge in [-0.1, -0.05) is 6.07 Å². The zero-order chi connectivity index (χ0) is 14.9. The van der Waals surface area contributed by atoms with Crippen LogP contribution in [0.4, 0.5) is 0 Å². The molecule has 4 heteroatoms. The fourth-order valence-corrected chi connectivity index (χ4v) is 3.83. The molecule has 1 N–H and O–H groups in total. The van der Waals surface area contributed by atoms with Crippen LogP contribution in [0.5, 0.6) is 0 Å². The van der Waals surface area contributed by atoms with Crippen molar-refractivity contribution in [3.63, 3.8) is 0 Å². The Kier molecular flexibility index (Phi) is 3.70. The summed E-state index contributed by atoms with van der Waals surface area (Å²) in [5, 5.41) is 0. The number of rotatable bonds is 3. The van der Waals surface area contributed by atoms with Crippen molar-refractivity contribution >= 4 is 0 Å². The molecule has 1 unspecified atom stereocenters. The summed E-state index contributed by atoms with van der Waals surface area (Å²) in [7, 11) is 0. The lowest BCUT2D eigenvalue weighted by molar-refractivity contribution is 0.237. The van der Waals surface area contributed by atoms with Crippen molar-refractivity contribution in [3.8, 4) is 0 Å². The van der Waals surface area contributed by atoms with Gasteiger partial charge >= 0.3 is 0 Å². The van der Waals surface area contributed by atoms with Gasteiger partial charge in [0.2, 0.25) is 0 Å². The maximum Gasteiger partial charge on any atom is 0.124 e. The molecule has 0 aromatic carbocycles. The van der Waals surface area contributed by atoms with Crippen molar-refractivity contribution in [2.75, 3.05) is 6.54 Å². The van der Waals surface area contributed by atoms with Crippen molar-refractivity contribution in [2.45, 2.75) is 58.0 Å². The van der Waals surface area contributed by atoms with Crippen molar-refractivity contribution < 1.29 is 0 Å². The molecule has 4 rings (SSSR count). The van der Waals surface area contributed by atoms with Gasteiger partial charge in [0, 0.05) is 18.4 Å². The molecule has 0 saturated carbocycles. The Labute approximate surface area is 132 Å². The van der Waals surface area contributed by atoms with Crippen molar-refractivity contribution in [2.24, 2.45) is 0 Å². The minimum atomic E-state index is 0.437. The zero-order valence-corrected chi connectivity index (χ0v) is 13.3. The zero-order valence-electron chi connectivity index (χ0n) is 13.3. The summed E-state index contributed by atoms with van der Waals surface area (Å²) in [6.45, 7) is 4.23. The number of pyridine rings is 1. The quantitative estimate of drug-likeness (QED) is 0.945. The van der Waals surface area contributed by atoms with Gasteiger partial charge in [-0.3, -0.25) is 9.88 Å². The number of fused-ring (bicyclic) bond motifs is 1. The summed E-state index contributed by atoms with van der Waals surface area (Å²) in [5.74, 6) is 1.19. The molecule has 1 atom stereocenters. The topological polar surface area (TPSA) is 44.8 Å². The Morgan fingerprint density at radius 3 is 3.05 bits per heavy atom. The van der Waals surface area contributed by atoms with Gasteiger partial charge in [0.1, 0.15) is 5.82 Å². The third-order valence-electron chi connectivity index (χ3n) is 5.12. The summed E-state index contributed by atoms with van der Waals surface area (Å²) < 4.78 is 0. The minimum absolute atomic E-state index is 0.437. The predicted octanol–water partition coefficient (Wildman–Crippen LogP) is 3.33. The molecule has 116 valence electrons. The molecule has 2 aromatic heterocycles. The van der Waals surface area contributed by atoms with Gasteiger partial charge in [0.25, 0.3) is 0 Å². The molecule has 22 heavy (non-hydrogen) atoms. The Morgan fingerprint density at radius 1 is 1.27 bits per heavy atom. The second kappa shape index (κ2) is 5.84. The predicted molar refractivity (Wildman–Crippen MR) is 86.6 cm³/mol. The number of aryl methyl sites for hydroxylation is 3. The summed E-state index contributed by atoms with van der Waals surface area (Å²) in [6.07, 6.45) is 9.28. The third kappa shape index (κ3) is 2.56. The van der Waals surface area contributed by atoms with Crippen molar-refractivity contribution in [1.82, 2.24) is 19.9 Å². The lowest BCUT2D eigenvalue weighted by Crippen LogP contribution is -2.24. The lowest BCUT2D eigenvalue weighted by atomic mass is 10.0. The molecule has 1 aliphatic carbocycles. The Morgan fingerprint density at radius 2 is 2.18 bits per heavy atom. The highest BCUT2D eigenvalue weighted by atomic mass is 15.2. The van der Waals surface area contributed by atoms with Crippen LogP contribution in [-0.4, -0.2) is 26.4 Å². The smallest absolute Gasteiger partial charge is 0.124 e. The molecule has 0 bridgehead atoms. The van der Waals surface area contributed by atoms with Gasteiger partial charge in [-0.15, -0.1) is 0 Å². The van der Waals surface area contributed by atoms with Gasteiger partial charge in [0.15, 0.2) is 0 Å². The first-order valence-corrected chi connectivity index (χ1v) is 8.53. The molecule has 0 amide bonds. The monoisotopic (exact) mass is 296 g/mol. The molecule has 1 aliphatic heterocycles. The van der Waals surface area contributed by atoms with Crippen LogP contribution < -0.4 is 0 Å². The summed E-state index contributed by atoms with van der Waals surface area (Å²) >= 11 is 0. The molecule has 2 aromatic rings. The fourth-order valence-electron chi connectivity index (χ4n) is 3.83. The summed E-state index contributed by atoms with van der Waals surface area (Å²) in [6, 6.07) is 4.60. The van der Waals surface area contributed by atoms with E-state index in [9.17, 15) is 0 Å². The number of likely N-dealkylation sites (tertiary alicyclic amines) is 1. The van der Waals surface area contributed by atoms with Crippen LogP contribution in [0.25, 0.3) is 0 Å². The van der Waals surface area contributed by atoms with Crippen LogP contribution in [-0.2, 0) is 19.4 Å². The highest BCUT2D eigenvalue weighted by Gasteiger charge is 2.30. The average Bonchev–Trinajstić information content (AvgIpc) is 3.15. The van der Waals surface area contributed by atoms with Gasteiger partial charge in [0.05, 0.1) is 17.4 Å². The largest absolute Gasteiger partial charge is 0.344 e. The van der Waals surface area contributed by atoms with E-state index in [-0.39, 0.29) is 0 Å². The Hall–Kier alpha value is -1.68. The van der Waals surface area contributed by atoms with Gasteiger partial charge in [-0.05, 0) is 63.6 Å². The van der Waals surface area contributed by atoms with E-state index in [0.717, 1.165) is 19.5 Å². The molecule has 1 saturated heterocycles. The van der Waals surface area contributed by atoms with E-state index in [2.05, 4.69) is 27.9 Å². The number of aromatic amines is 1. The third-order valence-corrected chi connectivity index (χ3v) is 5.12. The fraction of sp³-hybridized carbons (Fsp3) is 0.556. The van der Waals surface area contributed by atoms with Crippen LogP contribution in [0.3, 0.4) is 0 Å². The number of nitrogens with one attached hydrogen (secondary N) is 1. The van der Waals surface area contributed by atoms with E-state index in [4.69, 9.17) is 4.98 Å². The van der Waals surface area contributed by atoms with Crippen molar-refractivity contribution in [1.29, 1.82) is 0 Å². The average molecular weight is 296 g/mol. The highest BCUT2D eigenvalue weighted by molar-refractivity contribution is 5.21. The Balaban J connectivity index is 1.56. The first kappa shape index (κ1) is 13.9. The SMILES string of the molecule is Cc1cccnc1CN1CCCC1c1nc2c([nH]1)CCCC2. The standard InChI is InChI=1S/C18H24N4/c1-13-6-4-10-19-16(13)12-22-11-5-9-17(22)18-20-14-7-2-3-8-15(14)21-18/h4,6,10,17H,2-3,5,7-9,11-12H2,1H3,(H,20,21). The van der Waals surface area contributed by atoms with E-state index >= 15 is 0 Å². The van der Waals surface area contributed by atoms with Gasteiger partial charge in [-0.25, -0.2) is 4.98 Å². The van der Waals surface area contributed by atoms with E-state index < -0.39 is 0 Å². The van der Waals surface area contributed by atoms with Gasteiger partial charge in [-0.2, -0.15) is 0 Å². The highest BCUT2D eigenvalue weighted by Crippen LogP contribution is 2.33. The second-order valence-electron chi connectivity index (χ2n) is 6.65.